The Morgan fingerprint density at radius 3 is 2.68 bits per heavy atom. The molecule has 0 unspecified atom stereocenters. The number of carbonyl (C=O) groups excluding carboxylic acids is 1. The number of hydrogen-bond donors (Lipinski definition) is 0. The second-order valence-corrected chi connectivity index (χ2v) is 10.4. The van der Waals surface area contributed by atoms with Gasteiger partial charge in [-0.15, -0.1) is 0 Å². The van der Waals surface area contributed by atoms with E-state index in [9.17, 15) is 4.79 Å². The van der Waals surface area contributed by atoms with Crippen LogP contribution in [0.3, 0.4) is 0 Å². The lowest BCUT2D eigenvalue weighted by Gasteiger charge is -2.50. The fourth-order valence-electron chi connectivity index (χ4n) is 6.84. The van der Waals surface area contributed by atoms with Gasteiger partial charge in [0.25, 0.3) is 0 Å². The van der Waals surface area contributed by atoms with E-state index in [1.165, 1.54) is 29.5 Å². The standard InChI is InChI=1S/C26H35NO4/c1-16-6-5-8-26(2)13-24-19(12-21(16)26)20(25(28)31-24)15-27-9-7-17-10-22(29-3)23(30-4)11-18(17)14-27/h10-11,19-21,24H,1,5-9,12-15H2,2-4H3/t19-,20+,21-,24-,26-/m1/s1. The van der Waals surface area contributed by atoms with Gasteiger partial charge < -0.3 is 14.2 Å². The summed E-state index contributed by atoms with van der Waals surface area (Å²) in [6.07, 6.45) is 6.72. The highest BCUT2D eigenvalue weighted by molar-refractivity contribution is 5.75. The van der Waals surface area contributed by atoms with Gasteiger partial charge >= 0.3 is 5.97 Å². The molecule has 0 aromatic heterocycles. The van der Waals surface area contributed by atoms with Crippen LogP contribution in [0.1, 0.15) is 50.2 Å². The van der Waals surface area contributed by atoms with Crippen molar-refractivity contribution in [2.24, 2.45) is 23.2 Å². The summed E-state index contributed by atoms with van der Waals surface area (Å²) >= 11 is 0. The first-order valence-corrected chi connectivity index (χ1v) is 11.8. The molecular formula is C26H35NO4. The molecule has 2 heterocycles. The highest BCUT2D eigenvalue weighted by Gasteiger charge is 2.55. The average molecular weight is 426 g/mol. The molecule has 4 aliphatic rings. The van der Waals surface area contributed by atoms with Crippen molar-refractivity contribution in [2.45, 2.75) is 58.1 Å². The first-order valence-electron chi connectivity index (χ1n) is 11.8. The van der Waals surface area contributed by atoms with Crippen LogP contribution < -0.4 is 9.47 Å². The maximum absolute atomic E-state index is 12.9. The zero-order valence-corrected chi connectivity index (χ0v) is 19.1. The number of allylic oxidation sites excluding steroid dienone is 1. The predicted molar refractivity (Wildman–Crippen MR) is 119 cm³/mol. The van der Waals surface area contributed by atoms with E-state index < -0.39 is 0 Å². The number of fused-ring (bicyclic) bond motifs is 3. The summed E-state index contributed by atoms with van der Waals surface area (Å²) in [5.74, 6) is 2.41. The number of hydrogen-bond acceptors (Lipinski definition) is 5. The minimum absolute atomic E-state index is 0.0148. The van der Waals surface area contributed by atoms with Crippen LogP contribution >= 0.6 is 0 Å². The second-order valence-electron chi connectivity index (χ2n) is 10.4. The van der Waals surface area contributed by atoms with Gasteiger partial charge in [0.2, 0.25) is 0 Å². The molecule has 2 aliphatic carbocycles. The second kappa shape index (κ2) is 7.84. The van der Waals surface area contributed by atoms with Crippen LogP contribution in [0.4, 0.5) is 0 Å². The Hall–Kier alpha value is -2.01. The molecule has 5 rings (SSSR count). The highest BCUT2D eigenvalue weighted by Crippen LogP contribution is 2.57. The highest BCUT2D eigenvalue weighted by atomic mass is 16.6. The summed E-state index contributed by atoms with van der Waals surface area (Å²) in [6, 6.07) is 4.19. The van der Waals surface area contributed by atoms with E-state index in [-0.39, 0.29) is 23.4 Å². The fourth-order valence-corrected chi connectivity index (χ4v) is 6.84. The zero-order chi connectivity index (χ0) is 21.8. The maximum atomic E-state index is 12.9. The molecule has 3 fully saturated rings. The van der Waals surface area contributed by atoms with Gasteiger partial charge in [0.15, 0.2) is 11.5 Å². The molecule has 0 radical (unpaired) electrons. The lowest BCUT2D eigenvalue weighted by Crippen LogP contribution is -2.46. The van der Waals surface area contributed by atoms with E-state index >= 15 is 0 Å². The molecule has 5 nitrogen and oxygen atoms in total. The molecular weight excluding hydrogens is 390 g/mol. The van der Waals surface area contributed by atoms with Crippen molar-refractivity contribution in [3.05, 3.63) is 35.4 Å². The average Bonchev–Trinajstić information content (AvgIpc) is 3.04. The van der Waals surface area contributed by atoms with Crippen molar-refractivity contribution >= 4 is 5.97 Å². The third-order valence-electron chi connectivity index (χ3n) is 8.57. The SMILES string of the molecule is C=C1CCC[C@]2(C)C[C@H]3OC(=O)[C@@H](CN4CCc5cc(OC)c(OC)cc5C4)[C@H]3C[C@H]12. The van der Waals surface area contributed by atoms with Crippen molar-refractivity contribution in [3.8, 4) is 11.5 Å². The minimum atomic E-state index is -0.0222. The van der Waals surface area contributed by atoms with E-state index in [1.807, 2.05) is 0 Å². The van der Waals surface area contributed by atoms with E-state index in [0.717, 1.165) is 56.8 Å². The van der Waals surface area contributed by atoms with Gasteiger partial charge in [-0.05, 0) is 73.1 Å². The van der Waals surface area contributed by atoms with Gasteiger partial charge in [-0.25, -0.2) is 0 Å². The van der Waals surface area contributed by atoms with E-state index in [1.54, 1.807) is 14.2 Å². The zero-order valence-electron chi connectivity index (χ0n) is 19.1. The predicted octanol–water partition coefficient (Wildman–Crippen LogP) is 4.38. The molecule has 0 amide bonds. The minimum Gasteiger partial charge on any atom is -0.493 e. The van der Waals surface area contributed by atoms with E-state index in [2.05, 4.69) is 30.5 Å². The molecule has 1 aromatic rings. The Balaban J connectivity index is 1.32. The molecule has 1 aromatic carbocycles. The molecule has 5 atom stereocenters. The Bertz CT molecular complexity index is 896. The van der Waals surface area contributed by atoms with Crippen LogP contribution in [0, 0.1) is 23.2 Å². The van der Waals surface area contributed by atoms with Gasteiger partial charge in [-0.1, -0.05) is 19.1 Å². The number of ether oxygens (including phenoxy) is 3. The fraction of sp³-hybridized carbons (Fsp3) is 0.654. The first kappa shape index (κ1) is 20.9. The monoisotopic (exact) mass is 425 g/mol. The van der Waals surface area contributed by atoms with Crippen LogP contribution in [-0.4, -0.2) is 44.3 Å². The lowest BCUT2D eigenvalue weighted by molar-refractivity contribution is -0.146. The van der Waals surface area contributed by atoms with Crippen LogP contribution in [0.15, 0.2) is 24.3 Å². The molecule has 0 spiro atoms. The molecule has 5 heteroatoms. The summed E-state index contributed by atoms with van der Waals surface area (Å²) in [7, 11) is 3.35. The third-order valence-corrected chi connectivity index (χ3v) is 8.57. The summed E-state index contributed by atoms with van der Waals surface area (Å²) in [5, 5.41) is 0. The number of esters is 1. The molecule has 2 saturated carbocycles. The third kappa shape index (κ3) is 3.55. The maximum Gasteiger partial charge on any atom is 0.310 e. The first-order chi connectivity index (χ1) is 14.9. The summed E-state index contributed by atoms with van der Waals surface area (Å²) in [6.45, 7) is 9.38. The van der Waals surface area contributed by atoms with Crippen molar-refractivity contribution in [2.75, 3.05) is 27.3 Å². The topological polar surface area (TPSA) is 48.0 Å². The van der Waals surface area contributed by atoms with Gasteiger partial charge in [-0.2, -0.15) is 0 Å². The van der Waals surface area contributed by atoms with Crippen LogP contribution in [-0.2, 0) is 22.5 Å². The van der Waals surface area contributed by atoms with Crippen LogP contribution in [0.2, 0.25) is 0 Å². The van der Waals surface area contributed by atoms with Gasteiger partial charge in [0.05, 0.1) is 20.1 Å². The number of methoxy groups -OCH3 is 2. The van der Waals surface area contributed by atoms with Crippen molar-refractivity contribution < 1.29 is 19.0 Å². The number of carbonyl (C=O) groups is 1. The summed E-state index contributed by atoms with van der Waals surface area (Å²) in [5.41, 5.74) is 4.24. The van der Waals surface area contributed by atoms with Crippen LogP contribution in [0.25, 0.3) is 0 Å². The van der Waals surface area contributed by atoms with Crippen LogP contribution in [0.5, 0.6) is 11.5 Å². The van der Waals surface area contributed by atoms with E-state index in [0.29, 0.717) is 11.8 Å². The van der Waals surface area contributed by atoms with Crippen molar-refractivity contribution in [1.29, 1.82) is 0 Å². The Kier molecular flexibility index (Phi) is 5.28. The largest absolute Gasteiger partial charge is 0.493 e. The molecule has 2 aliphatic heterocycles. The molecule has 31 heavy (non-hydrogen) atoms. The normalized spacial score (nSPS) is 35.1. The summed E-state index contributed by atoms with van der Waals surface area (Å²) < 4.78 is 16.9. The number of rotatable bonds is 4. The number of nitrogens with zero attached hydrogens (tertiary/aromatic N) is 1. The summed E-state index contributed by atoms with van der Waals surface area (Å²) in [4.78, 5) is 15.4. The van der Waals surface area contributed by atoms with Gasteiger partial charge in [0.1, 0.15) is 6.10 Å². The smallest absolute Gasteiger partial charge is 0.310 e. The molecule has 168 valence electrons. The Morgan fingerprint density at radius 1 is 1.19 bits per heavy atom. The van der Waals surface area contributed by atoms with Crippen molar-refractivity contribution in [3.63, 3.8) is 0 Å². The molecule has 0 N–H and O–H groups in total. The van der Waals surface area contributed by atoms with Gasteiger partial charge in [-0.3, -0.25) is 9.69 Å². The molecule has 1 saturated heterocycles. The van der Waals surface area contributed by atoms with Gasteiger partial charge in [0, 0.05) is 25.6 Å². The Morgan fingerprint density at radius 2 is 1.94 bits per heavy atom. The van der Waals surface area contributed by atoms with Crippen molar-refractivity contribution in [1.82, 2.24) is 4.90 Å². The molecule has 0 bridgehead atoms. The quantitative estimate of drug-likeness (QED) is 0.529. The lowest BCUT2D eigenvalue weighted by atomic mass is 9.55. The van der Waals surface area contributed by atoms with E-state index in [4.69, 9.17) is 14.2 Å². The number of benzene rings is 1. The Labute approximate surface area is 185 Å².